The number of halogens is 1. The van der Waals surface area contributed by atoms with E-state index in [1.54, 1.807) is 18.3 Å². The molecular formula is C8H7ClN2. The molecule has 0 saturated carbocycles. The Balaban J connectivity index is 2.82. The third-order valence-corrected chi connectivity index (χ3v) is 1.20. The van der Waals surface area contributed by atoms with Crippen LogP contribution in [-0.4, -0.2) is 10.9 Å². The Morgan fingerprint density at radius 3 is 2.91 bits per heavy atom. The third-order valence-electron chi connectivity index (χ3n) is 1.07. The van der Waals surface area contributed by atoms with Gasteiger partial charge in [-0.3, -0.25) is 0 Å². The first-order valence-corrected chi connectivity index (χ1v) is 3.63. The van der Waals surface area contributed by atoms with Gasteiger partial charge >= 0.3 is 0 Å². The first-order chi connectivity index (χ1) is 5.33. The molecule has 0 saturated heterocycles. The normalized spacial score (nSPS) is 8.45. The first-order valence-electron chi connectivity index (χ1n) is 3.09. The van der Waals surface area contributed by atoms with Gasteiger partial charge in [-0.05, 0) is 18.1 Å². The predicted molar refractivity (Wildman–Crippen MR) is 46.2 cm³/mol. The van der Waals surface area contributed by atoms with Crippen LogP contribution >= 0.6 is 11.6 Å². The van der Waals surface area contributed by atoms with E-state index in [1.807, 2.05) is 0 Å². The molecule has 1 aromatic rings. The summed E-state index contributed by atoms with van der Waals surface area (Å²) in [5.41, 5.74) is 6.75. The van der Waals surface area contributed by atoms with Crippen molar-refractivity contribution in [1.29, 1.82) is 0 Å². The number of hydrogen-bond donors (Lipinski definition) is 1. The van der Waals surface area contributed by atoms with Gasteiger partial charge in [-0.15, -0.1) is 11.6 Å². The van der Waals surface area contributed by atoms with Crippen molar-refractivity contribution in [2.75, 3.05) is 11.6 Å². The van der Waals surface area contributed by atoms with Crippen molar-refractivity contribution in [2.45, 2.75) is 0 Å². The molecule has 0 radical (unpaired) electrons. The van der Waals surface area contributed by atoms with E-state index in [-0.39, 0.29) is 0 Å². The van der Waals surface area contributed by atoms with Gasteiger partial charge in [-0.25, -0.2) is 4.98 Å². The van der Waals surface area contributed by atoms with Crippen LogP contribution in [0.4, 0.5) is 5.69 Å². The van der Waals surface area contributed by atoms with Gasteiger partial charge < -0.3 is 5.73 Å². The molecule has 11 heavy (non-hydrogen) atoms. The molecule has 1 rings (SSSR count). The van der Waals surface area contributed by atoms with E-state index >= 15 is 0 Å². The second-order valence-corrected chi connectivity index (χ2v) is 2.18. The van der Waals surface area contributed by atoms with Crippen LogP contribution < -0.4 is 5.73 Å². The van der Waals surface area contributed by atoms with Crippen LogP contribution in [0.15, 0.2) is 18.3 Å². The monoisotopic (exact) mass is 166 g/mol. The van der Waals surface area contributed by atoms with Crippen molar-refractivity contribution >= 4 is 17.3 Å². The minimum absolute atomic E-state index is 0.325. The highest BCUT2D eigenvalue weighted by Gasteiger charge is 1.86. The molecule has 56 valence electrons. The Kier molecular flexibility index (Phi) is 2.76. The second-order valence-electron chi connectivity index (χ2n) is 1.91. The summed E-state index contributed by atoms with van der Waals surface area (Å²) in [4.78, 5) is 3.96. The Labute approximate surface area is 70.4 Å². The van der Waals surface area contributed by atoms with Crippen LogP contribution in [0.2, 0.25) is 0 Å². The quantitative estimate of drug-likeness (QED) is 0.466. The highest BCUT2D eigenvalue weighted by atomic mass is 35.5. The molecule has 2 N–H and O–H groups in total. The standard InChI is InChI=1S/C8H7ClN2/c9-5-1-2-8-4-3-7(10)6-11-8/h3-4,6H,5,10H2. The van der Waals surface area contributed by atoms with Crippen LogP contribution in [0.25, 0.3) is 0 Å². The van der Waals surface area contributed by atoms with E-state index in [2.05, 4.69) is 16.8 Å². The zero-order chi connectivity index (χ0) is 8.10. The highest BCUT2D eigenvalue weighted by Crippen LogP contribution is 1.98. The number of nitrogens with zero attached hydrogens (tertiary/aromatic N) is 1. The Morgan fingerprint density at radius 1 is 1.55 bits per heavy atom. The number of hydrogen-bond acceptors (Lipinski definition) is 2. The van der Waals surface area contributed by atoms with Gasteiger partial charge in [0.15, 0.2) is 0 Å². The zero-order valence-electron chi connectivity index (χ0n) is 5.84. The molecule has 0 fully saturated rings. The van der Waals surface area contributed by atoms with Crippen LogP contribution in [0, 0.1) is 11.8 Å². The molecule has 0 amide bonds. The lowest BCUT2D eigenvalue weighted by Crippen LogP contribution is -1.87. The molecule has 1 aromatic heterocycles. The second kappa shape index (κ2) is 3.85. The Bertz CT molecular complexity index is 281. The molecule has 0 aliphatic rings. The fourth-order valence-corrected chi connectivity index (χ4v) is 0.670. The number of alkyl halides is 1. The molecule has 0 bridgehead atoms. The first kappa shape index (κ1) is 7.90. The maximum atomic E-state index is 5.42. The fourth-order valence-electron chi connectivity index (χ4n) is 0.603. The molecular weight excluding hydrogens is 160 g/mol. The fraction of sp³-hybridized carbons (Fsp3) is 0.125. The maximum absolute atomic E-state index is 5.42. The minimum Gasteiger partial charge on any atom is -0.397 e. The van der Waals surface area contributed by atoms with E-state index in [1.165, 1.54) is 0 Å². The number of nitrogen functional groups attached to an aromatic ring is 1. The summed E-state index contributed by atoms with van der Waals surface area (Å²) in [6.07, 6.45) is 1.57. The number of rotatable bonds is 0. The molecule has 0 aliphatic carbocycles. The average Bonchev–Trinajstić information content (AvgIpc) is 2.04. The molecule has 0 aromatic carbocycles. The van der Waals surface area contributed by atoms with E-state index < -0.39 is 0 Å². The number of nitrogens with two attached hydrogens (primary N) is 1. The number of anilines is 1. The smallest absolute Gasteiger partial charge is 0.113 e. The molecule has 2 nitrogen and oxygen atoms in total. The van der Waals surface area contributed by atoms with Crippen LogP contribution in [0.1, 0.15) is 5.69 Å². The van der Waals surface area contributed by atoms with E-state index in [4.69, 9.17) is 17.3 Å². The van der Waals surface area contributed by atoms with Crippen LogP contribution in [-0.2, 0) is 0 Å². The van der Waals surface area contributed by atoms with Gasteiger partial charge in [0.25, 0.3) is 0 Å². The summed E-state index contributed by atoms with van der Waals surface area (Å²) in [7, 11) is 0. The van der Waals surface area contributed by atoms with Gasteiger partial charge in [-0.2, -0.15) is 0 Å². The van der Waals surface area contributed by atoms with Gasteiger partial charge in [0.2, 0.25) is 0 Å². The third kappa shape index (κ3) is 2.48. The lowest BCUT2D eigenvalue weighted by Gasteiger charge is -1.89. The molecule has 0 aliphatic heterocycles. The summed E-state index contributed by atoms with van der Waals surface area (Å²) in [5, 5.41) is 0. The van der Waals surface area contributed by atoms with Crippen molar-refractivity contribution in [3.63, 3.8) is 0 Å². The summed E-state index contributed by atoms with van der Waals surface area (Å²) >= 11 is 5.36. The average molecular weight is 167 g/mol. The molecule has 0 atom stereocenters. The predicted octanol–water partition coefficient (Wildman–Crippen LogP) is 1.25. The van der Waals surface area contributed by atoms with E-state index in [9.17, 15) is 0 Å². The van der Waals surface area contributed by atoms with Gasteiger partial charge in [0, 0.05) is 0 Å². The van der Waals surface area contributed by atoms with Crippen LogP contribution in [0.3, 0.4) is 0 Å². The number of aromatic nitrogens is 1. The lowest BCUT2D eigenvalue weighted by atomic mass is 10.3. The SMILES string of the molecule is Nc1ccc(C#CCCl)nc1. The van der Waals surface area contributed by atoms with E-state index in [0.29, 0.717) is 17.3 Å². The lowest BCUT2D eigenvalue weighted by molar-refractivity contribution is 1.29. The maximum Gasteiger partial charge on any atom is 0.113 e. The van der Waals surface area contributed by atoms with Crippen molar-refractivity contribution < 1.29 is 0 Å². The Hall–Kier alpha value is -1.20. The summed E-state index contributed by atoms with van der Waals surface area (Å²) in [5.74, 6) is 5.79. The molecule has 3 heteroatoms. The van der Waals surface area contributed by atoms with E-state index in [0.717, 1.165) is 0 Å². The summed E-state index contributed by atoms with van der Waals surface area (Å²) < 4.78 is 0. The van der Waals surface area contributed by atoms with Crippen molar-refractivity contribution in [2.24, 2.45) is 0 Å². The van der Waals surface area contributed by atoms with Crippen molar-refractivity contribution in [3.05, 3.63) is 24.0 Å². The number of pyridine rings is 1. The van der Waals surface area contributed by atoms with Gasteiger partial charge in [0.1, 0.15) is 5.69 Å². The van der Waals surface area contributed by atoms with Crippen molar-refractivity contribution in [3.8, 4) is 11.8 Å². The molecule has 1 heterocycles. The Morgan fingerprint density at radius 2 is 2.36 bits per heavy atom. The highest BCUT2D eigenvalue weighted by molar-refractivity contribution is 6.19. The summed E-state index contributed by atoms with van der Waals surface area (Å²) in [6, 6.07) is 3.51. The van der Waals surface area contributed by atoms with Crippen LogP contribution in [0.5, 0.6) is 0 Å². The largest absolute Gasteiger partial charge is 0.397 e. The molecule has 0 unspecified atom stereocenters. The molecule has 0 spiro atoms. The zero-order valence-corrected chi connectivity index (χ0v) is 6.60. The van der Waals surface area contributed by atoms with Crippen molar-refractivity contribution in [1.82, 2.24) is 4.98 Å². The minimum atomic E-state index is 0.325. The summed E-state index contributed by atoms with van der Waals surface area (Å²) in [6.45, 7) is 0. The van der Waals surface area contributed by atoms with Gasteiger partial charge in [-0.1, -0.05) is 5.92 Å². The van der Waals surface area contributed by atoms with Gasteiger partial charge in [0.05, 0.1) is 17.8 Å². The topological polar surface area (TPSA) is 38.9 Å².